The molecule has 0 aromatic heterocycles. The minimum Gasteiger partial charge on any atom is -0.403 e. The first-order valence-electron chi connectivity index (χ1n) is 11.6. The molecule has 0 bridgehead atoms. The summed E-state index contributed by atoms with van der Waals surface area (Å²) in [5.41, 5.74) is 0.630. The SMILES string of the molecule is CCC[C@H]1CC[C@H](c2cc(F)c(C#Cc3ccc4c(F)c(OC(F)(F)F)ccc4c3)c(F)c2)CC1. The van der Waals surface area contributed by atoms with E-state index in [2.05, 4.69) is 23.5 Å². The van der Waals surface area contributed by atoms with Crippen molar-refractivity contribution in [3.63, 3.8) is 0 Å². The molecule has 7 heteroatoms. The minimum absolute atomic E-state index is 0.0901. The number of alkyl halides is 3. The Morgan fingerprint density at radius 3 is 2.20 bits per heavy atom. The predicted octanol–water partition coefficient (Wildman–Crippen LogP) is 8.63. The summed E-state index contributed by atoms with van der Waals surface area (Å²) in [6.07, 6.45) is 1.28. The first-order chi connectivity index (χ1) is 16.6. The van der Waals surface area contributed by atoms with Gasteiger partial charge in [0.05, 0.1) is 5.56 Å². The summed E-state index contributed by atoms with van der Waals surface area (Å²) in [7, 11) is 0. The van der Waals surface area contributed by atoms with Gasteiger partial charge in [0.2, 0.25) is 0 Å². The standard InChI is InChI=1S/C28H24F6O/c1-2-3-17-4-8-19(9-5-17)21-15-24(29)23(25(30)16-21)12-7-18-6-11-22-20(14-18)10-13-26(27(22)31)35-28(32,33)34/h6,10-11,13-17,19H,2-5,8-9H2,1H3/t17-,19-. The molecule has 3 aromatic rings. The third kappa shape index (κ3) is 5.93. The fraction of sp³-hybridized carbons (Fsp3) is 0.357. The van der Waals surface area contributed by atoms with Crippen LogP contribution >= 0.6 is 0 Å². The average molecular weight is 490 g/mol. The molecule has 4 rings (SSSR count). The summed E-state index contributed by atoms with van der Waals surface area (Å²) in [6, 6.07) is 8.90. The van der Waals surface area contributed by atoms with Gasteiger partial charge in [0.25, 0.3) is 0 Å². The summed E-state index contributed by atoms with van der Waals surface area (Å²) in [5, 5.41) is 0.187. The van der Waals surface area contributed by atoms with Gasteiger partial charge in [-0.2, -0.15) is 0 Å². The Morgan fingerprint density at radius 2 is 1.57 bits per heavy atom. The van der Waals surface area contributed by atoms with Gasteiger partial charge in [-0.25, -0.2) is 13.2 Å². The van der Waals surface area contributed by atoms with Gasteiger partial charge in [0.1, 0.15) is 11.6 Å². The van der Waals surface area contributed by atoms with Crippen LogP contribution in [0.5, 0.6) is 5.75 Å². The van der Waals surface area contributed by atoms with Crippen molar-refractivity contribution in [2.75, 3.05) is 0 Å². The van der Waals surface area contributed by atoms with Crippen LogP contribution in [0.1, 0.15) is 68.1 Å². The molecule has 1 nitrogen and oxygen atoms in total. The highest BCUT2D eigenvalue weighted by Crippen LogP contribution is 2.38. The maximum absolute atomic E-state index is 14.8. The van der Waals surface area contributed by atoms with E-state index in [1.165, 1.54) is 42.8 Å². The lowest BCUT2D eigenvalue weighted by molar-refractivity contribution is -0.275. The van der Waals surface area contributed by atoms with Gasteiger partial charge in [0, 0.05) is 10.9 Å². The smallest absolute Gasteiger partial charge is 0.403 e. The lowest BCUT2D eigenvalue weighted by atomic mass is 9.77. The van der Waals surface area contributed by atoms with Crippen LogP contribution in [0.15, 0.2) is 42.5 Å². The Hall–Kier alpha value is -3.14. The van der Waals surface area contributed by atoms with Gasteiger partial charge in [0.15, 0.2) is 11.6 Å². The van der Waals surface area contributed by atoms with Crippen LogP contribution in [0.2, 0.25) is 0 Å². The van der Waals surface area contributed by atoms with Crippen molar-refractivity contribution in [1.29, 1.82) is 0 Å². The summed E-state index contributed by atoms with van der Waals surface area (Å²) in [6.45, 7) is 2.16. The molecule has 35 heavy (non-hydrogen) atoms. The van der Waals surface area contributed by atoms with Crippen LogP contribution < -0.4 is 4.74 Å². The van der Waals surface area contributed by atoms with E-state index in [-0.39, 0.29) is 22.3 Å². The Bertz CT molecular complexity index is 1250. The molecule has 0 atom stereocenters. The second-order valence-corrected chi connectivity index (χ2v) is 8.98. The van der Waals surface area contributed by atoms with Crippen molar-refractivity contribution >= 4 is 10.8 Å². The molecule has 0 saturated heterocycles. The molecule has 3 aromatic carbocycles. The number of hydrogen-bond acceptors (Lipinski definition) is 1. The number of ether oxygens (including phenoxy) is 1. The number of halogens is 6. The van der Waals surface area contributed by atoms with Crippen LogP contribution in [-0.2, 0) is 0 Å². The van der Waals surface area contributed by atoms with Crippen LogP contribution in [0.4, 0.5) is 26.3 Å². The largest absolute Gasteiger partial charge is 0.573 e. The van der Waals surface area contributed by atoms with Gasteiger partial charge in [-0.05, 0) is 78.8 Å². The van der Waals surface area contributed by atoms with Crippen LogP contribution in [-0.4, -0.2) is 6.36 Å². The van der Waals surface area contributed by atoms with Crippen molar-refractivity contribution in [1.82, 2.24) is 0 Å². The Morgan fingerprint density at radius 1 is 0.886 bits per heavy atom. The third-order valence-corrected chi connectivity index (χ3v) is 6.56. The molecule has 0 N–H and O–H groups in total. The average Bonchev–Trinajstić information content (AvgIpc) is 2.80. The van der Waals surface area contributed by atoms with Gasteiger partial charge in [-0.3, -0.25) is 0 Å². The first kappa shape index (κ1) is 25.0. The van der Waals surface area contributed by atoms with Crippen LogP contribution in [0, 0.1) is 35.2 Å². The summed E-state index contributed by atoms with van der Waals surface area (Å²) >= 11 is 0. The van der Waals surface area contributed by atoms with Crippen molar-refractivity contribution in [2.24, 2.45) is 5.92 Å². The lowest BCUT2D eigenvalue weighted by Gasteiger charge is -2.28. The van der Waals surface area contributed by atoms with E-state index >= 15 is 0 Å². The molecule has 0 radical (unpaired) electrons. The molecular weight excluding hydrogens is 466 g/mol. The molecule has 0 heterocycles. The Kier molecular flexibility index (Phi) is 7.30. The number of fused-ring (bicyclic) bond motifs is 1. The summed E-state index contributed by atoms with van der Waals surface area (Å²) < 4.78 is 84.8. The highest BCUT2D eigenvalue weighted by Gasteiger charge is 2.32. The summed E-state index contributed by atoms with van der Waals surface area (Å²) in [5.74, 6) is 2.43. The topological polar surface area (TPSA) is 9.23 Å². The summed E-state index contributed by atoms with van der Waals surface area (Å²) in [4.78, 5) is 0. The maximum Gasteiger partial charge on any atom is 0.573 e. The van der Waals surface area contributed by atoms with Gasteiger partial charge in [-0.1, -0.05) is 43.7 Å². The van der Waals surface area contributed by atoms with Crippen molar-refractivity contribution in [2.45, 2.75) is 57.7 Å². The van der Waals surface area contributed by atoms with E-state index < -0.39 is 29.6 Å². The molecule has 1 fully saturated rings. The van der Waals surface area contributed by atoms with Crippen LogP contribution in [0.3, 0.4) is 0 Å². The molecule has 1 aliphatic rings. The number of rotatable bonds is 4. The monoisotopic (exact) mass is 490 g/mol. The zero-order chi connectivity index (χ0) is 25.2. The molecule has 0 aliphatic heterocycles. The van der Waals surface area contributed by atoms with Gasteiger partial charge in [-0.15, -0.1) is 13.2 Å². The Balaban J connectivity index is 1.54. The van der Waals surface area contributed by atoms with E-state index in [4.69, 9.17) is 0 Å². The molecule has 1 saturated carbocycles. The highest BCUT2D eigenvalue weighted by molar-refractivity contribution is 5.86. The normalized spacial score (nSPS) is 18.3. The fourth-order valence-electron chi connectivity index (χ4n) is 4.83. The zero-order valence-electron chi connectivity index (χ0n) is 19.1. The molecule has 0 spiro atoms. The quantitative estimate of drug-likeness (QED) is 0.263. The second kappa shape index (κ2) is 10.2. The molecule has 184 valence electrons. The van der Waals surface area contributed by atoms with E-state index in [0.717, 1.165) is 38.2 Å². The highest BCUT2D eigenvalue weighted by atomic mass is 19.4. The first-order valence-corrected chi connectivity index (χ1v) is 11.6. The van der Waals surface area contributed by atoms with Crippen molar-refractivity contribution < 1.29 is 31.1 Å². The van der Waals surface area contributed by atoms with Crippen molar-refractivity contribution in [3.05, 3.63) is 76.6 Å². The number of benzene rings is 3. The van der Waals surface area contributed by atoms with Crippen molar-refractivity contribution in [3.8, 4) is 17.6 Å². The third-order valence-electron chi connectivity index (χ3n) is 6.56. The van der Waals surface area contributed by atoms with E-state index in [0.29, 0.717) is 17.0 Å². The molecule has 0 amide bonds. The predicted molar refractivity (Wildman–Crippen MR) is 123 cm³/mol. The maximum atomic E-state index is 14.8. The van der Waals surface area contributed by atoms with Gasteiger partial charge < -0.3 is 4.74 Å². The van der Waals surface area contributed by atoms with Gasteiger partial charge >= 0.3 is 6.36 Å². The zero-order valence-corrected chi connectivity index (χ0v) is 19.1. The molecule has 1 aliphatic carbocycles. The second-order valence-electron chi connectivity index (χ2n) is 8.98. The number of hydrogen-bond donors (Lipinski definition) is 0. The Labute approximate surface area is 200 Å². The minimum atomic E-state index is -5.02. The molecular formula is C28H24F6O. The lowest BCUT2D eigenvalue weighted by Crippen LogP contribution is -2.17. The van der Waals surface area contributed by atoms with E-state index in [1.54, 1.807) is 0 Å². The van der Waals surface area contributed by atoms with E-state index in [9.17, 15) is 26.3 Å². The molecule has 0 unspecified atom stereocenters. The fourth-order valence-corrected chi connectivity index (χ4v) is 4.83. The van der Waals surface area contributed by atoms with Crippen LogP contribution in [0.25, 0.3) is 10.8 Å². The van der Waals surface area contributed by atoms with E-state index in [1.807, 2.05) is 0 Å².